The van der Waals surface area contributed by atoms with Gasteiger partial charge in [-0.25, -0.2) is 0 Å². The molecule has 1 aromatic carbocycles. The Hall–Kier alpha value is -1.15. The maximum absolute atomic E-state index is 11.5. The van der Waals surface area contributed by atoms with Crippen LogP contribution in [0.5, 0.6) is 0 Å². The first kappa shape index (κ1) is 9.93. The quantitative estimate of drug-likeness (QED) is 0.716. The summed E-state index contributed by atoms with van der Waals surface area (Å²) < 4.78 is 0. The molecule has 0 aliphatic heterocycles. The fourth-order valence-corrected chi connectivity index (χ4v) is 1.20. The maximum atomic E-state index is 11.5. The number of carbonyl (C=O) groups excluding carboxylic acids is 1. The Kier molecular flexibility index (Phi) is 3.65. The molecule has 0 aromatic heterocycles. The monoisotopic (exact) mass is 178 g/mol. The molecule has 2 heteroatoms. The Morgan fingerprint density at radius 3 is 2.54 bits per heavy atom. The zero-order valence-electron chi connectivity index (χ0n) is 7.73. The van der Waals surface area contributed by atoms with Crippen molar-refractivity contribution >= 4 is 5.78 Å². The van der Waals surface area contributed by atoms with E-state index in [4.69, 9.17) is 0 Å². The Labute approximate surface area is 78.2 Å². The Bertz CT molecular complexity index is 267. The van der Waals surface area contributed by atoms with Crippen LogP contribution in [-0.2, 0) is 0 Å². The van der Waals surface area contributed by atoms with E-state index in [1.54, 1.807) is 24.3 Å². The zero-order chi connectivity index (χ0) is 9.68. The Morgan fingerprint density at radius 2 is 2.00 bits per heavy atom. The highest BCUT2D eigenvalue weighted by molar-refractivity contribution is 5.99. The summed E-state index contributed by atoms with van der Waals surface area (Å²) in [6, 6.07) is 8.89. The van der Waals surface area contributed by atoms with E-state index in [-0.39, 0.29) is 5.78 Å². The number of aliphatic hydroxyl groups excluding tert-OH is 1. The first-order chi connectivity index (χ1) is 6.25. The fourth-order valence-electron chi connectivity index (χ4n) is 1.20. The lowest BCUT2D eigenvalue weighted by molar-refractivity contribution is 0.0729. The van der Waals surface area contributed by atoms with Crippen molar-refractivity contribution in [3.63, 3.8) is 0 Å². The third-order valence-electron chi connectivity index (χ3n) is 1.92. The summed E-state index contributed by atoms with van der Waals surface area (Å²) in [5, 5.41) is 9.42. The lowest BCUT2D eigenvalue weighted by Crippen LogP contribution is -2.19. The smallest absolute Gasteiger partial charge is 0.191 e. The first-order valence-corrected chi connectivity index (χ1v) is 4.53. The molecule has 0 radical (unpaired) electrons. The maximum Gasteiger partial charge on any atom is 0.191 e. The second kappa shape index (κ2) is 4.77. The first-order valence-electron chi connectivity index (χ1n) is 4.53. The average molecular weight is 178 g/mol. The van der Waals surface area contributed by atoms with Gasteiger partial charge in [0.25, 0.3) is 0 Å². The van der Waals surface area contributed by atoms with Gasteiger partial charge in [0.2, 0.25) is 0 Å². The molecule has 0 saturated heterocycles. The molecule has 1 aromatic rings. The molecule has 1 rings (SSSR count). The standard InChI is InChI=1S/C11H14O2/c1-2-6-10(12)11(13)9-7-4-3-5-8-9/h3-5,7-8,10,12H,2,6H2,1H3/t10-/m1/s1. The minimum absolute atomic E-state index is 0.178. The van der Waals surface area contributed by atoms with Gasteiger partial charge in [-0.3, -0.25) is 4.79 Å². The van der Waals surface area contributed by atoms with Crippen molar-refractivity contribution < 1.29 is 9.90 Å². The van der Waals surface area contributed by atoms with Crippen LogP contribution in [0.3, 0.4) is 0 Å². The van der Waals surface area contributed by atoms with Crippen LogP contribution in [0.15, 0.2) is 30.3 Å². The van der Waals surface area contributed by atoms with E-state index >= 15 is 0 Å². The highest BCUT2D eigenvalue weighted by Crippen LogP contribution is 2.07. The molecule has 0 heterocycles. The molecule has 1 N–H and O–H groups in total. The minimum atomic E-state index is -0.840. The van der Waals surface area contributed by atoms with Crippen LogP contribution in [0.4, 0.5) is 0 Å². The minimum Gasteiger partial charge on any atom is -0.385 e. The van der Waals surface area contributed by atoms with Gasteiger partial charge in [0.05, 0.1) is 0 Å². The van der Waals surface area contributed by atoms with Gasteiger partial charge in [-0.05, 0) is 6.42 Å². The van der Waals surface area contributed by atoms with Gasteiger partial charge in [-0.15, -0.1) is 0 Å². The van der Waals surface area contributed by atoms with E-state index in [9.17, 15) is 9.90 Å². The number of hydrogen-bond acceptors (Lipinski definition) is 2. The molecule has 0 aliphatic carbocycles. The van der Waals surface area contributed by atoms with Crippen molar-refractivity contribution in [2.24, 2.45) is 0 Å². The van der Waals surface area contributed by atoms with E-state index in [1.807, 2.05) is 13.0 Å². The number of benzene rings is 1. The van der Waals surface area contributed by atoms with Crippen molar-refractivity contribution in [2.75, 3.05) is 0 Å². The predicted molar refractivity (Wildman–Crippen MR) is 51.7 cm³/mol. The van der Waals surface area contributed by atoms with Crippen molar-refractivity contribution in [3.05, 3.63) is 35.9 Å². The van der Waals surface area contributed by atoms with E-state index < -0.39 is 6.10 Å². The van der Waals surface area contributed by atoms with Crippen LogP contribution >= 0.6 is 0 Å². The van der Waals surface area contributed by atoms with E-state index in [2.05, 4.69) is 0 Å². The SMILES string of the molecule is CCC[C@@H](O)C(=O)c1ccccc1. The molecule has 0 spiro atoms. The molecule has 1 atom stereocenters. The van der Waals surface area contributed by atoms with E-state index in [0.717, 1.165) is 6.42 Å². The van der Waals surface area contributed by atoms with Gasteiger partial charge in [-0.2, -0.15) is 0 Å². The third kappa shape index (κ3) is 2.67. The number of carbonyl (C=O) groups is 1. The van der Waals surface area contributed by atoms with Gasteiger partial charge in [0.15, 0.2) is 5.78 Å². The van der Waals surface area contributed by atoms with E-state index in [0.29, 0.717) is 12.0 Å². The number of Topliss-reactive ketones (excluding diaryl/α,β-unsaturated/α-hetero) is 1. The molecule has 2 nitrogen and oxygen atoms in total. The highest BCUT2D eigenvalue weighted by atomic mass is 16.3. The number of ketones is 1. The van der Waals surface area contributed by atoms with Gasteiger partial charge in [0, 0.05) is 5.56 Å². The molecular formula is C11H14O2. The molecule has 0 saturated carbocycles. The summed E-state index contributed by atoms with van der Waals surface area (Å²) in [6.45, 7) is 1.95. The summed E-state index contributed by atoms with van der Waals surface area (Å²) in [4.78, 5) is 11.5. The average Bonchev–Trinajstić information content (AvgIpc) is 2.18. The third-order valence-corrected chi connectivity index (χ3v) is 1.92. The Balaban J connectivity index is 2.68. The van der Waals surface area contributed by atoms with Crippen molar-refractivity contribution in [2.45, 2.75) is 25.9 Å². The lowest BCUT2D eigenvalue weighted by Gasteiger charge is -2.07. The van der Waals surface area contributed by atoms with Gasteiger partial charge in [0.1, 0.15) is 6.10 Å². The second-order valence-electron chi connectivity index (χ2n) is 3.03. The van der Waals surface area contributed by atoms with Crippen molar-refractivity contribution in [1.82, 2.24) is 0 Å². The number of hydrogen-bond donors (Lipinski definition) is 1. The molecular weight excluding hydrogens is 164 g/mol. The predicted octanol–water partition coefficient (Wildman–Crippen LogP) is 2.03. The molecule has 13 heavy (non-hydrogen) atoms. The van der Waals surface area contributed by atoms with Crippen molar-refractivity contribution in [1.29, 1.82) is 0 Å². The highest BCUT2D eigenvalue weighted by Gasteiger charge is 2.14. The normalized spacial score (nSPS) is 12.5. The lowest BCUT2D eigenvalue weighted by atomic mass is 10.0. The van der Waals surface area contributed by atoms with Crippen molar-refractivity contribution in [3.8, 4) is 0 Å². The second-order valence-corrected chi connectivity index (χ2v) is 3.03. The van der Waals surface area contributed by atoms with E-state index in [1.165, 1.54) is 0 Å². The number of aliphatic hydroxyl groups is 1. The summed E-state index contributed by atoms with van der Waals surface area (Å²) in [5.74, 6) is -0.178. The molecule has 0 bridgehead atoms. The van der Waals surface area contributed by atoms with Gasteiger partial charge < -0.3 is 5.11 Å². The topological polar surface area (TPSA) is 37.3 Å². The van der Waals surface area contributed by atoms with Gasteiger partial charge >= 0.3 is 0 Å². The summed E-state index contributed by atoms with van der Waals surface area (Å²) in [5.41, 5.74) is 0.587. The summed E-state index contributed by atoms with van der Waals surface area (Å²) in [7, 11) is 0. The fraction of sp³-hybridized carbons (Fsp3) is 0.364. The molecule has 0 amide bonds. The van der Waals surface area contributed by atoms with Crippen LogP contribution in [0.2, 0.25) is 0 Å². The molecule has 0 aliphatic rings. The van der Waals surface area contributed by atoms with Crippen LogP contribution in [0.1, 0.15) is 30.1 Å². The summed E-state index contributed by atoms with van der Waals surface area (Å²) in [6.07, 6.45) is 0.514. The Morgan fingerprint density at radius 1 is 1.38 bits per heavy atom. The van der Waals surface area contributed by atoms with Crippen LogP contribution in [-0.4, -0.2) is 17.0 Å². The molecule has 70 valence electrons. The molecule has 0 unspecified atom stereocenters. The van der Waals surface area contributed by atoms with Crippen LogP contribution in [0, 0.1) is 0 Å². The zero-order valence-corrected chi connectivity index (χ0v) is 7.73. The van der Waals surface area contributed by atoms with Gasteiger partial charge in [-0.1, -0.05) is 43.7 Å². The number of rotatable bonds is 4. The largest absolute Gasteiger partial charge is 0.385 e. The van der Waals surface area contributed by atoms with Crippen LogP contribution in [0.25, 0.3) is 0 Å². The summed E-state index contributed by atoms with van der Waals surface area (Å²) >= 11 is 0. The molecule has 0 fully saturated rings. The van der Waals surface area contributed by atoms with Crippen LogP contribution < -0.4 is 0 Å².